The van der Waals surface area contributed by atoms with Crippen molar-refractivity contribution in [2.24, 2.45) is 5.92 Å². The number of hydrogen-bond donors (Lipinski definition) is 0. The number of carbonyl (C=O) groups excluding carboxylic acids is 1. The van der Waals surface area contributed by atoms with Crippen LogP contribution < -0.4 is 4.74 Å². The zero-order valence-electron chi connectivity index (χ0n) is 10.8. The molecule has 1 aromatic rings. The number of amides is 1. The molecule has 4 heteroatoms. The van der Waals surface area contributed by atoms with Gasteiger partial charge in [-0.2, -0.15) is 0 Å². The summed E-state index contributed by atoms with van der Waals surface area (Å²) >= 11 is 6.05. The topological polar surface area (TPSA) is 29.5 Å². The Morgan fingerprint density at radius 1 is 1.50 bits per heavy atom. The van der Waals surface area contributed by atoms with E-state index in [9.17, 15) is 4.79 Å². The van der Waals surface area contributed by atoms with Crippen LogP contribution in [0.15, 0.2) is 18.2 Å². The van der Waals surface area contributed by atoms with Crippen molar-refractivity contribution in [1.82, 2.24) is 4.90 Å². The highest BCUT2D eigenvalue weighted by atomic mass is 35.5. The van der Waals surface area contributed by atoms with Crippen LogP contribution in [-0.4, -0.2) is 31.0 Å². The highest BCUT2D eigenvalue weighted by molar-refractivity contribution is 6.32. The van der Waals surface area contributed by atoms with Crippen LogP contribution in [-0.2, 0) is 0 Å². The number of hydrogen-bond acceptors (Lipinski definition) is 2. The van der Waals surface area contributed by atoms with Crippen molar-refractivity contribution in [2.45, 2.75) is 19.8 Å². The number of carbonyl (C=O) groups is 1. The van der Waals surface area contributed by atoms with Crippen molar-refractivity contribution in [3.8, 4) is 5.75 Å². The van der Waals surface area contributed by atoms with E-state index in [1.54, 1.807) is 25.3 Å². The van der Waals surface area contributed by atoms with Crippen molar-refractivity contribution in [3.05, 3.63) is 28.8 Å². The van der Waals surface area contributed by atoms with Crippen LogP contribution in [0.4, 0.5) is 0 Å². The summed E-state index contributed by atoms with van der Waals surface area (Å²) in [4.78, 5) is 14.2. The summed E-state index contributed by atoms with van der Waals surface area (Å²) in [7, 11) is 1.56. The fraction of sp³-hybridized carbons (Fsp3) is 0.500. The molecule has 3 nitrogen and oxygen atoms in total. The molecule has 1 heterocycles. The Hall–Kier alpha value is -1.22. The molecule has 98 valence electrons. The van der Waals surface area contributed by atoms with E-state index in [4.69, 9.17) is 16.3 Å². The summed E-state index contributed by atoms with van der Waals surface area (Å²) in [5.74, 6) is 1.24. The SMILES string of the molecule is COc1ccc(C(=O)N2CCCC(C)C2)cc1Cl. The molecule has 1 aromatic carbocycles. The predicted octanol–water partition coefficient (Wildman–Crippen LogP) is 3.22. The van der Waals surface area contributed by atoms with Crippen LogP contribution >= 0.6 is 11.6 Å². The largest absolute Gasteiger partial charge is 0.495 e. The second-order valence-electron chi connectivity index (χ2n) is 4.85. The summed E-state index contributed by atoms with van der Waals surface area (Å²) in [6.07, 6.45) is 2.28. The number of rotatable bonds is 2. The van der Waals surface area contributed by atoms with E-state index >= 15 is 0 Å². The number of methoxy groups -OCH3 is 1. The number of benzene rings is 1. The molecule has 0 bridgehead atoms. The molecule has 1 aliphatic heterocycles. The maximum atomic E-state index is 12.3. The summed E-state index contributed by atoms with van der Waals surface area (Å²) in [6, 6.07) is 5.19. The third-order valence-corrected chi connectivity index (χ3v) is 3.64. The Labute approximate surface area is 113 Å². The van der Waals surface area contributed by atoms with Gasteiger partial charge in [0.25, 0.3) is 5.91 Å². The summed E-state index contributed by atoms with van der Waals surface area (Å²) in [5, 5.41) is 0.480. The lowest BCUT2D eigenvalue weighted by Gasteiger charge is -2.31. The molecule has 0 spiro atoms. The minimum atomic E-state index is 0.0612. The van der Waals surface area contributed by atoms with Crippen LogP contribution in [0.5, 0.6) is 5.75 Å². The lowest BCUT2D eigenvalue weighted by atomic mass is 9.99. The number of ether oxygens (including phenoxy) is 1. The van der Waals surface area contributed by atoms with Gasteiger partial charge in [-0.1, -0.05) is 18.5 Å². The standard InChI is InChI=1S/C14H18ClNO2/c1-10-4-3-7-16(9-10)14(17)11-5-6-13(18-2)12(15)8-11/h5-6,8,10H,3-4,7,9H2,1-2H3. The second-order valence-corrected chi connectivity index (χ2v) is 5.26. The van der Waals surface area contributed by atoms with E-state index < -0.39 is 0 Å². The van der Waals surface area contributed by atoms with Gasteiger partial charge in [0.15, 0.2) is 0 Å². The summed E-state index contributed by atoms with van der Waals surface area (Å²) in [6.45, 7) is 3.86. The quantitative estimate of drug-likeness (QED) is 0.823. The Bertz CT molecular complexity index is 447. The van der Waals surface area contributed by atoms with E-state index in [0.29, 0.717) is 22.3 Å². The molecule has 1 unspecified atom stereocenters. The van der Waals surface area contributed by atoms with Crippen molar-refractivity contribution < 1.29 is 9.53 Å². The van der Waals surface area contributed by atoms with Gasteiger partial charge in [0.2, 0.25) is 0 Å². The summed E-state index contributed by atoms with van der Waals surface area (Å²) in [5.41, 5.74) is 0.634. The minimum absolute atomic E-state index is 0.0612. The first kappa shape index (κ1) is 13.2. The Morgan fingerprint density at radius 2 is 2.28 bits per heavy atom. The molecule has 0 N–H and O–H groups in total. The molecule has 1 saturated heterocycles. The van der Waals surface area contributed by atoms with E-state index in [1.807, 2.05) is 4.90 Å². The van der Waals surface area contributed by atoms with Gasteiger partial charge in [0.05, 0.1) is 12.1 Å². The van der Waals surface area contributed by atoms with E-state index in [0.717, 1.165) is 19.5 Å². The third-order valence-electron chi connectivity index (χ3n) is 3.34. The smallest absolute Gasteiger partial charge is 0.253 e. The van der Waals surface area contributed by atoms with Gasteiger partial charge in [-0.15, -0.1) is 0 Å². The molecule has 1 atom stereocenters. The first-order valence-electron chi connectivity index (χ1n) is 6.24. The van der Waals surface area contributed by atoms with Gasteiger partial charge >= 0.3 is 0 Å². The van der Waals surface area contributed by atoms with Crippen LogP contribution in [0.3, 0.4) is 0 Å². The lowest BCUT2D eigenvalue weighted by molar-refractivity contribution is 0.0683. The molecule has 0 saturated carbocycles. The van der Waals surface area contributed by atoms with Crippen LogP contribution in [0.25, 0.3) is 0 Å². The monoisotopic (exact) mass is 267 g/mol. The van der Waals surface area contributed by atoms with Crippen molar-refractivity contribution in [3.63, 3.8) is 0 Å². The van der Waals surface area contributed by atoms with Gasteiger partial charge < -0.3 is 9.64 Å². The molecule has 0 radical (unpaired) electrons. The molecule has 1 aliphatic rings. The molecule has 0 aromatic heterocycles. The Morgan fingerprint density at radius 3 is 2.89 bits per heavy atom. The second kappa shape index (κ2) is 5.61. The van der Waals surface area contributed by atoms with Gasteiger partial charge in [-0.3, -0.25) is 4.79 Å². The maximum absolute atomic E-state index is 12.3. The highest BCUT2D eigenvalue weighted by Gasteiger charge is 2.22. The Balaban J connectivity index is 2.15. The predicted molar refractivity (Wildman–Crippen MR) is 72.3 cm³/mol. The maximum Gasteiger partial charge on any atom is 0.253 e. The Kier molecular flexibility index (Phi) is 4.12. The molecular weight excluding hydrogens is 250 g/mol. The lowest BCUT2D eigenvalue weighted by Crippen LogP contribution is -2.39. The van der Waals surface area contributed by atoms with E-state index in [2.05, 4.69) is 6.92 Å². The molecule has 1 amide bonds. The average molecular weight is 268 g/mol. The van der Waals surface area contributed by atoms with Crippen LogP contribution in [0, 0.1) is 5.92 Å². The zero-order chi connectivity index (χ0) is 13.1. The van der Waals surface area contributed by atoms with E-state index in [1.165, 1.54) is 6.42 Å². The molecular formula is C14H18ClNO2. The number of nitrogens with zero attached hydrogens (tertiary/aromatic N) is 1. The van der Waals surface area contributed by atoms with Gasteiger partial charge in [0, 0.05) is 18.7 Å². The zero-order valence-corrected chi connectivity index (χ0v) is 11.5. The van der Waals surface area contributed by atoms with Crippen molar-refractivity contribution >= 4 is 17.5 Å². The molecule has 1 fully saturated rings. The third kappa shape index (κ3) is 2.78. The average Bonchev–Trinajstić information content (AvgIpc) is 2.37. The van der Waals surface area contributed by atoms with Crippen molar-refractivity contribution in [1.29, 1.82) is 0 Å². The fourth-order valence-corrected chi connectivity index (χ4v) is 2.61. The van der Waals surface area contributed by atoms with Crippen LogP contribution in [0.2, 0.25) is 5.02 Å². The summed E-state index contributed by atoms with van der Waals surface area (Å²) < 4.78 is 5.09. The minimum Gasteiger partial charge on any atom is -0.495 e. The number of piperidine rings is 1. The van der Waals surface area contributed by atoms with Crippen LogP contribution in [0.1, 0.15) is 30.1 Å². The van der Waals surface area contributed by atoms with Crippen molar-refractivity contribution in [2.75, 3.05) is 20.2 Å². The highest BCUT2D eigenvalue weighted by Crippen LogP contribution is 2.26. The fourth-order valence-electron chi connectivity index (χ4n) is 2.36. The van der Waals surface area contributed by atoms with Gasteiger partial charge in [-0.25, -0.2) is 0 Å². The number of halogens is 1. The first-order chi connectivity index (χ1) is 8.61. The van der Waals surface area contributed by atoms with Gasteiger partial charge in [0.1, 0.15) is 5.75 Å². The molecule has 0 aliphatic carbocycles. The number of likely N-dealkylation sites (tertiary alicyclic amines) is 1. The molecule has 18 heavy (non-hydrogen) atoms. The van der Waals surface area contributed by atoms with Gasteiger partial charge in [-0.05, 0) is 37.0 Å². The van der Waals surface area contributed by atoms with E-state index in [-0.39, 0.29) is 5.91 Å². The molecule has 2 rings (SSSR count). The normalized spacial score (nSPS) is 19.7. The first-order valence-corrected chi connectivity index (χ1v) is 6.62.